The first kappa shape index (κ1) is 20.7. The van der Waals surface area contributed by atoms with E-state index in [4.69, 9.17) is 0 Å². The quantitative estimate of drug-likeness (QED) is 0.794. The van der Waals surface area contributed by atoms with Gasteiger partial charge in [-0.1, -0.05) is 6.07 Å². The number of piperidine rings is 1. The van der Waals surface area contributed by atoms with Crippen molar-refractivity contribution >= 4 is 15.9 Å². The van der Waals surface area contributed by atoms with E-state index in [1.807, 2.05) is 0 Å². The molecule has 0 spiro atoms. The van der Waals surface area contributed by atoms with Crippen LogP contribution in [0.2, 0.25) is 0 Å². The van der Waals surface area contributed by atoms with Crippen LogP contribution in [0.3, 0.4) is 0 Å². The molecule has 1 fully saturated rings. The molecule has 1 atom stereocenters. The standard InChI is InChI=1S/C16H21F3N2O4S/c1-11(22)10-20-15(23)12-5-7-21(8-6-12)26(24,25)14-4-2-3-13(9-14)16(17,18)19/h2-4,9,11-12,22H,5-8,10H2,1H3,(H,20,23). The molecule has 6 nitrogen and oxygen atoms in total. The number of nitrogens with one attached hydrogen (secondary N) is 1. The molecule has 0 aromatic heterocycles. The van der Waals surface area contributed by atoms with Crippen molar-refractivity contribution in [2.45, 2.75) is 36.9 Å². The molecule has 1 unspecified atom stereocenters. The van der Waals surface area contributed by atoms with E-state index in [1.54, 1.807) is 0 Å². The van der Waals surface area contributed by atoms with Gasteiger partial charge in [-0.15, -0.1) is 0 Å². The zero-order chi connectivity index (χ0) is 19.5. The molecule has 1 aromatic carbocycles. The van der Waals surface area contributed by atoms with Crippen molar-refractivity contribution in [1.82, 2.24) is 9.62 Å². The lowest BCUT2D eigenvalue weighted by molar-refractivity contribution is -0.137. The number of alkyl halides is 3. The smallest absolute Gasteiger partial charge is 0.392 e. The Balaban J connectivity index is 2.05. The predicted molar refractivity (Wildman–Crippen MR) is 87.6 cm³/mol. The van der Waals surface area contributed by atoms with Gasteiger partial charge in [0.2, 0.25) is 15.9 Å². The molecule has 2 N–H and O–H groups in total. The molecule has 1 heterocycles. The van der Waals surface area contributed by atoms with Gasteiger partial charge in [-0.25, -0.2) is 8.42 Å². The Morgan fingerprint density at radius 1 is 1.35 bits per heavy atom. The molecule has 10 heteroatoms. The summed E-state index contributed by atoms with van der Waals surface area (Å²) >= 11 is 0. The lowest BCUT2D eigenvalue weighted by Gasteiger charge is -2.30. The number of carbonyl (C=O) groups excluding carboxylic acids is 1. The van der Waals surface area contributed by atoms with Gasteiger partial charge in [0.15, 0.2) is 0 Å². The lowest BCUT2D eigenvalue weighted by Crippen LogP contribution is -2.44. The summed E-state index contributed by atoms with van der Waals surface area (Å²) in [6.45, 7) is 1.74. The molecule has 1 amide bonds. The molecule has 2 rings (SSSR count). The van der Waals surface area contributed by atoms with Gasteiger partial charge in [-0.05, 0) is 38.0 Å². The second kappa shape index (κ2) is 7.93. The minimum absolute atomic E-state index is 0.0470. The Bertz CT molecular complexity index is 742. The second-order valence-corrected chi connectivity index (χ2v) is 8.24. The van der Waals surface area contributed by atoms with E-state index < -0.39 is 32.8 Å². The maximum Gasteiger partial charge on any atom is 0.416 e. The van der Waals surface area contributed by atoms with Crippen LogP contribution in [0.1, 0.15) is 25.3 Å². The van der Waals surface area contributed by atoms with E-state index in [2.05, 4.69) is 5.32 Å². The van der Waals surface area contributed by atoms with Gasteiger partial charge in [-0.2, -0.15) is 17.5 Å². The third-order valence-electron chi connectivity index (χ3n) is 4.20. The normalized spacial score (nSPS) is 18.5. The lowest BCUT2D eigenvalue weighted by atomic mass is 9.97. The maximum atomic E-state index is 12.8. The number of nitrogens with zero attached hydrogens (tertiary/aromatic N) is 1. The Kier molecular flexibility index (Phi) is 6.30. The van der Waals surface area contributed by atoms with Gasteiger partial charge in [0.25, 0.3) is 0 Å². The van der Waals surface area contributed by atoms with Crippen LogP contribution < -0.4 is 5.32 Å². The molecular formula is C16H21F3N2O4S. The molecule has 146 valence electrons. The van der Waals surface area contributed by atoms with Crippen molar-refractivity contribution in [3.8, 4) is 0 Å². The Morgan fingerprint density at radius 3 is 2.50 bits per heavy atom. The first-order valence-corrected chi connectivity index (χ1v) is 9.59. The molecule has 1 aliphatic heterocycles. The minimum atomic E-state index is -4.62. The number of benzene rings is 1. The number of hydrogen-bond donors (Lipinski definition) is 2. The molecule has 0 aliphatic carbocycles. The van der Waals surface area contributed by atoms with Crippen LogP contribution in [0, 0.1) is 5.92 Å². The van der Waals surface area contributed by atoms with Crippen LogP contribution in [0.5, 0.6) is 0 Å². The average molecular weight is 394 g/mol. The van der Waals surface area contributed by atoms with Gasteiger partial charge in [0.1, 0.15) is 0 Å². The van der Waals surface area contributed by atoms with Crippen LogP contribution in [0.25, 0.3) is 0 Å². The number of aliphatic hydroxyl groups excluding tert-OH is 1. The van der Waals surface area contributed by atoms with E-state index in [0.717, 1.165) is 22.5 Å². The summed E-state index contributed by atoms with van der Waals surface area (Å²) < 4.78 is 64.7. The van der Waals surface area contributed by atoms with Crippen molar-refractivity contribution < 1.29 is 31.5 Å². The van der Waals surface area contributed by atoms with E-state index in [1.165, 1.54) is 6.92 Å². The van der Waals surface area contributed by atoms with E-state index in [0.29, 0.717) is 6.07 Å². The van der Waals surface area contributed by atoms with Gasteiger partial charge < -0.3 is 10.4 Å². The highest BCUT2D eigenvalue weighted by Gasteiger charge is 2.35. The maximum absolute atomic E-state index is 12.8. The minimum Gasteiger partial charge on any atom is -0.392 e. The highest BCUT2D eigenvalue weighted by atomic mass is 32.2. The molecule has 0 saturated carbocycles. The summed E-state index contributed by atoms with van der Waals surface area (Å²) in [5.74, 6) is -0.649. The monoisotopic (exact) mass is 394 g/mol. The second-order valence-electron chi connectivity index (χ2n) is 6.30. The number of amides is 1. The molecule has 26 heavy (non-hydrogen) atoms. The molecule has 1 aliphatic rings. The van der Waals surface area contributed by atoms with Crippen molar-refractivity contribution in [1.29, 1.82) is 0 Å². The van der Waals surface area contributed by atoms with E-state index >= 15 is 0 Å². The van der Waals surface area contributed by atoms with Crippen molar-refractivity contribution in [3.63, 3.8) is 0 Å². The fourth-order valence-corrected chi connectivity index (χ4v) is 4.25. The van der Waals surface area contributed by atoms with Crippen LogP contribution in [-0.4, -0.2) is 49.5 Å². The molecule has 1 aromatic rings. The molecule has 0 radical (unpaired) electrons. The fraction of sp³-hybridized carbons (Fsp3) is 0.562. The van der Waals surface area contributed by atoms with Gasteiger partial charge in [0.05, 0.1) is 16.6 Å². The fourth-order valence-electron chi connectivity index (χ4n) is 2.73. The first-order valence-electron chi connectivity index (χ1n) is 8.15. The number of hydrogen-bond acceptors (Lipinski definition) is 4. The highest BCUT2D eigenvalue weighted by Crippen LogP contribution is 2.32. The number of halogens is 3. The summed E-state index contributed by atoms with van der Waals surface area (Å²) in [4.78, 5) is 11.6. The largest absolute Gasteiger partial charge is 0.416 e. The number of sulfonamides is 1. The summed E-state index contributed by atoms with van der Waals surface area (Å²) in [5.41, 5.74) is -1.02. The summed E-state index contributed by atoms with van der Waals surface area (Å²) in [7, 11) is -4.06. The summed E-state index contributed by atoms with van der Waals surface area (Å²) in [6, 6.07) is 3.63. The van der Waals surface area contributed by atoms with Gasteiger partial charge in [0, 0.05) is 25.6 Å². The van der Waals surface area contributed by atoms with Crippen LogP contribution in [0.4, 0.5) is 13.2 Å². The zero-order valence-electron chi connectivity index (χ0n) is 14.2. The first-order chi connectivity index (χ1) is 12.0. The van der Waals surface area contributed by atoms with Gasteiger partial charge >= 0.3 is 6.18 Å². The Hall–Kier alpha value is -1.65. The molecule has 1 saturated heterocycles. The average Bonchev–Trinajstić information content (AvgIpc) is 2.59. The van der Waals surface area contributed by atoms with Crippen molar-refractivity contribution in [3.05, 3.63) is 29.8 Å². The third-order valence-corrected chi connectivity index (χ3v) is 6.09. The number of carbonyl (C=O) groups is 1. The van der Waals surface area contributed by atoms with Crippen molar-refractivity contribution in [2.24, 2.45) is 5.92 Å². The van der Waals surface area contributed by atoms with E-state index in [9.17, 15) is 31.5 Å². The number of rotatable bonds is 5. The third kappa shape index (κ3) is 4.95. The van der Waals surface area contributed by atoms with Crippen LogP contribution in [0.15, 0.2) is 29.2 Å². The van der Waals surface area contributed by atoms with E-state index in [-0.39, 0.29) is 44.3 Å². The highest BCUT2D eigenvalue weighted by molar-refractivity contribution is 7.89. The van der Waals surface area contributed by atoms with Crippen LogP contribution >= 0.6 is 0 Å². The Labute approximate surface area is 150 Å². The van der Waals surface area contributed by atoms with Crippen molar-refractivity contribution in [2.75, 3.05) is 19.6 Å². The summed E-state index contributed by atoms with van der Waals surface area (Å²) in [6.07, 6.45) is -4.77. The zero-order valence-corrected chi connectivity index (χ0v) is 15.0. The Morgan fingerprint density at radius 2 is 1.96 bits per heavy atom. The predicted octanol–water partition coefficient (Wildman–Crippen LogP) is 1.60. The number of aliphatic hydroxyl groups is 1. The molecule has 0 bridgehead atoms. The topological polar surface area (TPSA) is 86.7 Å². The molecular weight excluding hydrogens is 373 g/mol. The SMILES string of the molecule is CC(O)CNC(=O)C1CCN(S(=O)(=O)c2cccc(C(F)(F)F)c2)CC1. The summed E-state index contributed by atoms with van der Waals surface area (Å²) in [5, 5.41) is 11.8. The van der Waals surface area contributed by atoms with Gasteiger partial charge in [-0.3, -0.25) is 4.79 Å². The van der Waals surface area contributed by atoms with Crippen LogP contribution in [-0.2, 0) is 21.0 Å².